The molecule has 3 unspecified atom stereocenters. The summed E-state index contributed by atoms with van der Waals surface area (Å²) in [6.07, 6.45) is 3.66. The Balaban J connectivity index is 0.00000256. The zero-order valence-electron chi connectivity index (χ0n) is 18.2. The summed E-state index contributed by atoms with van der Waals surface area (Å²) in [4.78, 5) is 7.21. The number of methoxy groups -OCH3 is 1. The van der Waals surface area contributed by atoms with E-state index in [1.165, 1.54) is 5.56 Å². The number of morpholine rings is 1. The molecule has 0 amide bonds. The number of guanidine groups is 1. The van der Waals surface area contributed by atoms with Gasteiger partial charge in [-0.05, 0) is 38.8 Å². The maximum atomic E-state index is 5.99. The summed E-state index contributed by atoms with van der Waals surface area (Å²) < 4.78 is 23.4. The van der Waals surface area contributed by atoms with Crippen LogP contribution in [-0.2, 0) is 22.4 Å². The van der Waals surface area contributed by atoms with Crippen molar-refractivity contribution >= 4 is 29.9 Å². The van der Waals surface area contributed by atoms with Gasteiger partial charge in [0.25, 0.3) is 0 Å². The largest absolute Gasteiger partial charge is 0.496 e. The van der Waals surface area contributed by atoms with E-state index in [4.69, 9.17) is 23.9 Å². The minimum Gasteiger partial charge on any atom is -0.496 e. The molecule has 2 saturated heterocycles. The molecule has 30 heavy (non-hydrogen) atoms. The second-order valence-electron chi connectivity index (χ2n) is 7.98. The standard InChI is InChI=1S/C22H33N3O4.HI/c1-4-23-22(25-7-9-28-21(14-25)18-6-5-8-27-18)24-13-17-12-20-16(10-15(2)29-20)11-19(17)26-3;/h11-12,15,18,21H,4-10,13-14H2,1-3H3,(H,23,24);1H. The molecule has 1 N–H and O–H groups in total. The average molecular weight is 531 g/mol. The van der Waals surface area contributed by atoms with E-state index in [0.717, 1.165) is 68.5 Å². The fourth-order valence-electron chi connectivity index (χ4n) is 4.37. The molecular formula is C22H34IN3O4. The van der Waals surface area contributed by atoms with Crippen LogP contribution >= 0.6 is 24.0 Å². The number of benzene rings is 1. The van der Waals surface area contributed by atoms with Crippen molar-refractivity contribution in [3.05, 3.63) is 23.3 Å². The van der Waals surface area contributed by atoms with Crippen LogP contribution in [0.4, 0.5) is 0 Å². The highest BCUT2D eigenvalue weighted by molar-refractivity contribution is 14.0. The first-order chi connectivity index (χ1) is 14.2. The van der Waals surface area contributed by atoms with Gasteiger partial charge in [0, 0.05) is 43.8 Å². The monoisotopic (exact) mass is 531 g/mol. The third-order valence-electron chi connectivity index (χ3n) is 5.81. The van der Waals surface area contributed by atoms with Crippen LogP contribution in [0.1, 0.15) is 37.8 Å². The van der Waals surface area contributed by atoms with E-state index >= 15 is 0 Å². The van der Waals surface area contributed by atoms with E-state index in [1.54, 1.807) is 7.11 Å². The molecule has 4 rings (SSSR count). The van der Waals surface area contributed by atoms with Crippen LogP contribution in [0, 0.1) is 0 Å². The van der Waals surface area contributed by atoms with E-state index in [2.05, 4.69) is 36.2 Å². The van der Waals surface area contributed by atoms with Gasteiger partial charge in [-0.3, -0.25) is 0 Å². The first-order valence-electron chi connectivity index (χ1n) is 10.8. The van der Waals surface area contributed by atoms with E-state index in [9.17, 15) is 0 Å². The lowest BCUT2D eigenvalue weighted by Gasteiger charge is -2.37. The molecule has 0 saturated carbocycles. The Kier molecular flexibility index (Phi) is 8.47. The molecule has 0 aliphatic carbocycles. The Morgan fingerprint density at radius 2 is 2.10 bits per heavy atom. The number of nitrogens with one attached hydrogen (secondary N) is 1. The second kappa shape index (κ2) is 10.9. The minimum absolute atomic E-state index is 0. The van der Waals surface area contributed by atoms with Gasteiger partial charge in [-0.15, -0.1) is 24.0 Å². The highest BCUT2D eigenvalue weighted by Gasteiger charge is 2.32. The van der Waals surface area contributed by atoms with Crippen molar-refractivity contribution in [2.75, 3.05) is 40.0 Å². The predicted octanol–water partition coefficient (Wildman–Crippen LogP) is 2.98. The third kappa shape index (κ3) is 5.31. The summed E-state index contributed by atoms with van der Waals surface area (Å²) in [5, 5.41) is 3.44. The molecule has 3 heterocycles. The number of fused-ring (bicyclic) bond motifs is 1. The Bertz CT molecular complexity index is 739. The molecule has 0 aromatic heterocycles. The lowest BCUT2D eigenvalue weighted by Crippen LogP contribution is -2.53. The maximum absolute atomic E-state index is 5.99. The molecule has 2 fully saturated rings. The van der Waals surface area contributed by atoms with Gasteiger partial charge < -0.3 is 29.2 Å². The molecule has 7 nitrogen and oxygen atoms in total. The van der Waals surface area contributed by atoms with Crippen molar-refractivity contribution in [2.45, 2.75) is 58.0 Å². The van der Waals surface area contributed by atoms with Crippen molar-refractivity contribution in [1.82, 2.24) is 10.2 Å². The zero-order chi connectivity index (χ0) is 20.2. The highest BCUT2D eigenvalue weighted by Crippen LogP contribution is 2.35. The number of aliphatic imine (C=N–C) groups is 1. The molecule has 3 aliphatic rings. The quantitative estimate of drug-likeness (QED) is 0.358. The van der Waals surface area contributed by atoms with Gasteiger partial charge in [-0.2, -0.15) is 0 Å². The zero-order valence-corrected chi connectivity index (χ0v) is 20.5. The Morgan fingerprint density at radius 3 is 2.83 bits per heavy atom. The summed E-state index contributed by atoms with van der Waals surface area (Å²) in [5.41, 5.74) is 2.25. The minimum atomic E-state index is 0. The van der Waals surface area contributed by atoms with Crippen LogP contribution in [-0.4, -0.2) is 69.1 Å². The summed E-state index contributed by atoms with van der Waals surface area (Å²) in [5.74, 6) is 2.74. The van der Waals surface area contributed by atoms with Gasteiger partial charge in [-0.1, -0.05) is 0 Å². The Hall–Kier alpha value is -1.26. The molecule has 0 radical (unpaired) electrons. The third-order valence-corrected chi connectivity index (χ3v) is 5.81. The molecule has 3 atom stereocenters. The van der Waals surface area contributed by atoms with Crippen LogP contribution in [0.5, 0.6) is 11.5 Å². The van der Waals surface area contributed by atoms with Crippen LogP contribution in [0.3, 0.4) is 0 Å². The first-order valence-corrected chi connectivity index (χ1v) is 10.8. The number of ether oxygens (including phenoxy) is 4. The predicted molar refractivity (Wildman–Crippen MR) is 127 cm³/mol. The molecular weight excluding hydrogens is 497 g/mol. The lowest BCUT2D eigenvalue weighted by atomic mass is 10.1. The number of hydrogen-bond acceptors (Lipinski definition) is 5. The summed E-state index contributed by atoms with van der Waals surface area (Å²) >= 11 is 0. The van der Waals surface area contributed by atoms with Crippen molar-refractivity contribution in [3.63, 3.8) is 0 Å². The summed E-state index contributed by atoms with van der Waals surface area (Å²) in [7, 11) is 1.72. The van der Waals surface area contributed by atoms with Gasteiger partial charge in [0.1, 0.15) is 23.7 Å². The fraction of sp³-hybridized carbons (Fsp3) is 0.682. The number of hydrogen-bond donors (Lipinski definition) is 1. The maximum Gasteiger partial charge on any atom is 0.194 e. The Morgan fingerprint density at radius 1 is 1.27 bits per heavy atom. The lowest BCUT2D eigenvalue weighted by molar-refractivity contribution is -0.0817. The molecule has 8 heteroatoms. The van der Waals surface area contributed by atoms with Crippen molar-refractivity contribution in [2.24, 2.45) is 4.99 Å². The van der Waals surface area contributed by atoms with Crippen molar-refractivity contribution in [3.8, 4) is 11.5 Å². The SMILES string of the molecule is CCNC(=NCc1cc2c(cc1OC)CC(C)O2)N1CCOC(C2CCCO2)C1.I. The van der Waals surface area contributed by atoms with Crippen LogP contribution in [0.2, 0.25) is 0 Å². The Labute approximate surface area is 196 Å². The average Bonchev–Trinajstić information content (AvgIpc) is 3.39. The van der Waals surface area contributed by atoms with Crippen LogP contribution in [0.15, 0.2) is 17.1 Å². The number of nitrogens with zero attached hydrogens (tertiary/aromatic N) is 2. The number of rotatable bonds is 5. The van der Waals surface area contributed by atoms with Crippen molar-refractivity contribution < 1.29 is 18.9 Å². The van der Waals surface area contributed by atoms with Gasteiger partial charge in [0.2, 0.25) is 0 Å². The smallest absolute Gasteiger partial charge is 0.194 e. The van der Waals surface area contributed by atoms with E-state index in [1.807, 2.05) is 0 Å². The van der Waals surface area contributed by atoms with Gasteiger partial charge in [-0.25, -0.2) is 4.99 Å². The topological polar surface area (TPSA) is 64.6 Å². The first kappa shape index (κ1) is 23.4. The van der Waals surface area contributed by atoms with Crippen molar-refractivity contribution in [1.29, 1.82) is 0 Å². The molecule has 1 aromatic rings. The van der Waals surface area contributed by atoms with Crippen LogP contribution in [0.25, 0.3) is 0 Å². The molecule has 0 spiro atoms. The molecule has 1 aromatic carbocycles. The fourth-order valence-corrected chi connectivity index (χ4v) is 4.37. The molecule has 168 valence electrons. The van der Waals surface area contributed by atoms with E-state index in [0.29, 0.717) is 13.2 Å². The normalized spacial score (nSPS) is 26.0. The second-order valence-corrected chi connectivity index (χ2v) is 7.98. The highest BCUT2D eigenvalue weighted by atomic mass is 127. The number of halogens is 1. The van der Waals surface area contributed by atoms with Gasteiger partial charge in [0.05, 0.1) is 26.4 Å². The molecule has 3 aliphatic heterocycles. The van der Waals surface area contributed by atoms with E-state index < -0.39 is 0 Å². The summed E-state index contributed by atoms with van der Waals surface area (Å²) in [6.45, 7) is 8.73. The van der Waals surface area contributed by atoms with Gasteiger partial charge in [0.15, 0.2) is 5.96 Å². The van der Waals surface area contributed by atoms with Crippen LogP contribution < -0.4 is 14.8 Å². The van der Waals surface area contributed by atoms with E-state index in [-0.39, 0.29) is 42.3 Å². The summed E-state index contributed by atoms with van der Waals surface area (Å²) in [6, 6.07) is 4.18. The van der Waals surface area contributed by atoms with Gasteiger partial charge >= 0.3 is 0 Å². The molecule has 0 bridgehead atoms.